The molecule has 0 fully saturated rings. The minimum atomic E-state index is 0.0270. The zero-order valence-electron chi connectivity index (χ0n) is 24.2. The molecule has 2 rings (SSSR count). The lowest BCUT2D eigenvalue weighted by Crippen LogP contribution is -2.15. The van der Waals surface area contributed by atoms with Crippen molar-refractivity contribution >= 4 is 10.8 Å². The third-order valence-corrected chi connectivity index (χ3v) is 5.45. The molecule has 11 heteroatoms. The molecule has 11 nitrogen and oxygen atoms in total. The Morgan fingerprint density at radius 3 is 1.12 bits per heavy atom. The highest BCUT2D eigenvalue weighted by Gasteiger charge is 2.01. The highest BCUT2D eigenvalue weighted by atomic mass is 16.6. The van der Waals surface area contributed by atoms with Crippen LogP contribution < -0.4 is 4.74 Å². The highest BCUT2D eigenvalue weighted by Crippen LogP contribution is 2.24. The fraction of sp³-hybridized carbons (Fsp3) is 0.667. The Bertz CT molecular complexity index is 834. The minimum absolute atomic E-state index is 0.0270. The molecule has 0 aliphatic rings. The summed E-state index contributed by atoms with van der Waals surface area (Å²) in [6.45, 7) is 9.47. The van der Waals surface area contributed by atoms with Gasteiger partial charge >= 0.3 is 0 Å². The molecule has 234 valence electrons. The summed E-state index contributed by atoms with van der Waals surface area (Å²) in [7, 11) is 0. The van der Waals surface area contributed by atoms with E-state index in [9.17, 15) is 0 Å². The number of hydrogen-bond donors (Lipinski definition) is 1. The molecule has 2 aromatic rings. The number of aliphatic hydroxyl groups excluding tert-OH is 1. The van der Waals surface area contributed by atoms with E-state index in [4.69, 9.17) is 52.5 Å². The van der Waals surface area contributed by atoms with Gasteiger partial charge in [-0.25, -0.2) is 0 Å². The molecule has 0 spiro atoms. The molecule has 0 aliphatic heterocycles. The summed E-state index contributed by atoms with van der Waals surface area (Å²) in [5.41, 5.74) is 0. The summed E-state index contributed by atoms with van der Waals surface area (Å²) in [5, 5.41) is 10.8. The molecular weight excluding hydrogens is 536 g/mol. The molecule has 41 heavy (non-hydrogen) atoms. The molecule has 2 aromatic carbocycles. The van der Waals surface area contributed by atoms with Crippen molar-refractivity contribution < 1.29 is 52.5 Å². The topological polar surface area (TPSA) is 113 Å². The maximum atomic E-state index is 8.57. The smallest absolute Gasteiger partial charge is 0.127 e. The van der Waals surface area contributed by atoms with Gasteiger partial charge in [-0.05, 0) is 11.5 Å². The lowest BCUT2D eigenvalue weighted by atomic mass is 10.1. The molecular formula is C30H48O11. The fourth-order valence-electron chi connectivity index (χ4n) is 3.46. The molecule has 0 heterocycles. The van der Waals surface area contributed by atoms with E-state index in [1.165, 1.54) is 0 Å². The average Bonchev–Trinajstić information content (AvgIpc) is 3.00. The van der Waals surface area contributed by atoms with Crippen molar-refractivity contribution in [1.82, 2.24) is 0 Å². The van der Waals surface area contributed by atoms with E-state index in [-0.39, 0.29) is 6.61 Å². The number of ether oxygens (including phenoxy) is 10. The Morgan fingerprint density at radius 2 is 0.707 bits per heavy atom. The van der Waals surface area contributed by atoms with Gasteiger partial charge in [0.1, 0.15) is 12.4 Å². The summed E-state index contributed by atoms with van der Waals surface area (Å²) < 4.78 is 54.6. The van der Waals surface area contributed by atoms with Crippen LogP contribution in [0.15, 0.2) is 42.5 Å². The summed E-state index contributed by atoms with van der Waals surface area (Å²) in [6, 6.07) is 14.2. The Kier molecular flexibility index (Phi) is 23.2. The van der Waals surface area contributed by atoms with Crippen molar-refractivity contribution in [3.63, 3.8) is 0 Å². The Balaban J connectivity index is 1.20. The lowest BCUT2D eigenvalue weighted by Gasteiger charge is -2.10. The molecule has 0 aliphatic carbocycles. The normalized spacial score (nSPS) is 11.4. The van der Waals surface area contributed by atoms with Crippen molar-refractivity contribution in [3.05, 3.63) is 42.5 Å². The number of hydrogen-bond acceptors (Lipinski definition) is 11. The van der Waals surface area contributed by atoms with Crippen molar-refractivity contribution in [3.8, 4) is 5.75 Å². The summed E-state index contributed by atoms with van der Waals surface area (Å²) in [5.74, 6) is 0.872. The predicted molar refractivity (Wildman–Crippen MR) is 154 cm³/mol. The van der Waals surface area contributed by atoms with Gasteiger partial charge in [-0.3, -0.25) is 0 Å². The molecule has 0 saturated heterocycles. The maximum absolute atomic E-state index is 8.57. The van der Waals surface area contributed by atoms with Crippen LogP contribution in [0.4, 0.5) is 0 Å². The van der Waals surface area contributed by atoms with E-state index in [1.807, 2.05) is 24.3 Å². The second kappa shape index (κ2) is 27.0. The standard InChI is InChI=1S/C30H48O11/c31-8-9-32-10-11-33-12-13-34-14-15-35-16-17-36-18-19-37-20-21-38-22-23-39-24-25-40-26-27-41-30-7-3-5-28-4-1-2-6-29(28)30/h1-7,31H,8-27H2. The largest absolute Gasteiger partial charge is 0.491 e. The number of aliphatic hydroxyl groups is 1. The van der Waals surface area contributed by atoms with Crippen LogP contribution in [0.5, 0.6) is 5.75 Å². The molecule has 0 unspecified atom stereocenters. The number of fused-ring (bicyclic) bond motifs is 1. The molecule has 0 bridgehead atoms. The molecule has 0 saturated carbocycles. The highest BCUT2D eigenvalue weighted by molar-refractivity contribution is 5.88. The Labute approximate surface area is 243 Å². The second-order valence-corrected chi connectivity index (χ2v) is 8.56. The van der Waals surface area contributed by atoms with E-state index in [1.54, 1.807) is 0 Å². The summed E-state index contributed by atoms with van der Waals surface area (Å²) in [6.07, 6.45) is 0. The quantitative estimate of drug-likeness (QED) is 0.137. The van der Waals surface area contributed by atoms with Crippen LogP contribution in [-0.4, -0.2) is 137 Å². The first kappa shape index (κ1) is 35.3. The van der Waals surface area contributed by atoms with Crippen LogP contribution in [0.25, 0.3) is 10.8 Å². The van der Waals surface area contributed by atoms with Gasteiger partial charge in [0.2, 0.25) is 0 Å². The first-order valence-electron chi connectivity index (χ1n) is 14.3. The first-order chi connectivity index (χ1) is 20.4. The van der Waals surface area contributed by atoms with Crippen LogP contribution in [0.2, 0.25) is 0 Å². The molecule has 1 N–H and O–H groups in total. The van der Waals surface area contributed by atoms with E-state index in [0.717, 1.165) is 16.5 Å². The van der Waals surface area contributed by atoms with Crippen molar-refractivity contribution in [2.45, 2.75) is 0 Å². The van der Waals surface area contributed by atoms with Crippen LogP contribution in [0, 0.1) is 0 Å². The third-order valence-electron chi connectivity index (χ3n) is 5.45. The zero-order valence-corrected chi connectivity index (χ0v) is 24.2. The van der Waals surface area contributed by atoms with E-state index < -0.39 is 0 Å². The maximum Gasteiger partial charge on any atom is 0.127 e. The summed E-state index contributed by atoms with van der Waals surface area (Å²) in [4.78, 5) is 0. The number of benzene rings is 2. The van der Waals surface area contributed by atoms with Crippen molar-refractivity contribution in [1.29, 1.82) is 0 Å². The van der Waals surface area contributed by atoms with Crippen molar-refractivity contribution in [2.75, 3.05) is 132 Å². The van der Waals surface area contributed by atoms with E-state index in [0.29, 0.717) is 126 Å². The van der Waals surface area contributed by atoms with Gasteiger partial charge in [-0.15, -0.1) is 0 Å². The first-order valence-corrected chi connectivity index (χ1v) is 14.3. The Morgan fingerprint density at radius 1 is 0.366 bits per heavy atom. The molecule has 0 aromatic heterocycles. The second-order valence-electron chi connectivity index (χ2n) is 8.56. The Hall–Kier alpha value is -1.90. The van der Waals surface area contributed by atoms with E-state index in [2.05, 4.69) is 18.2 Å². The molecule has 0 amide bonds. The van der Waals surface area contributed by atoms with Gasteiger partial charge in [0.25, 0.3) is 0 Å². The molecule has 0 atom stereocenters. The number of rotatable bonds is 30. The van der Waals surface area contributed by atoms with E-state index >= 15 is 0 Å². The van der Waals surface area contributed by atoms with Gasteiger partial charge in [0.15, 0.2) is 0 Å². The summed E-state index contributed by atoms with van der Waals surface area (Å²) >= 11 is 0. The molecule has 0 radical (unpaired) electrons. The monoisotopic (exact) mass is 584 g/mol. The van der Waals surface area contributed by atoms with Crippen LogP contribution >= 0.6 is 0 Å². The van der Waals surface area contributed by atoms with Crippen molar-refractivity contribution in [2.24, 2.45) is 0 Å². The fourth-order valence-corrected chi connectivity index (χ4v) is 3.46. The average molecular weight is 585 g/mol. The van der Waals surface area contributed by atoms with Gasteiger partial charge in [0.05, 0.1) is 126 Å². The van der Waals surface area contributed by atoms with Crippen LogP contribution in [-0.2, 0) is 42.6 Å². The predicted octanol–water partition coefficient (Wildman–Crippen LogP) is 2.36. The van der Waals surface area contributed by atoms with Gasteiger partial charge < -0.3 is 52.5 Å². The van der Waals surface area contributed by atoms with Gasteiger partial charge in [-0.1, -0.05) is 36.4 Å². The minimum Gasteiger partial charge on any atom is -0.491 e. The third kappa shape index (κ3) is 19.8. The lowest BCUT2D eigenvalue weighted by molar-refractivity contribution is -0.0258. The van der Waals surface area contributed by atoms with Crippen LogP contribution in [0.3, 0.4) is 0 Å². The van der Waals surface area contributed by atoms with Crippen LogP contribution in [0.1, 0.15) is 0 Å². The SMILES string of the molecule is OCCOCCOCCOCCOCCOCCOCCOCCOCCOCCOc1cccc2ccccc12. The van der Waals surface area contributed by atoms with Gasteiger partial charge in [0, 0.05) is 5.39 Å². The van der Waals surface area contributed by atoms with Gasteiger partial charge in [-0.2, -0.15) is 0 Å². The zero-order chi connectivity index (χ0) is 28.9.